The van der Waals surface area contributed by atoms with Crippen LogP contribution in [0.5, 0.6) is 11.5 Å². The first kappa shape index (κ1) is 22.6. The van der Waals surface area contributed by atoms with E-state index >= 15 is 0 Å². The Bertz CT molecular complexity index is 1030. The second-order valence-corrected chi connectivity index (χ2v) is 8.06. The molecule has 0 saturated carbocycles. The number of hydrogen-bond donors (Lipinski definition) is 1. The number of benzene rings is 2. The molecule has 172 valence electrons. The van der Waals surface area contributed by atoms with Gasteiger partial charge in [0.15, 0.2) is 12.4 Å². The highest BCUT2D eigenvalue weighted by atomic mass is 16.5. The van der Waals surface area contributed by atoms with Crippen LogP contribution in [0.2, 0.25) is 0 Å². The summed E-state index contributed by atoms with van der Waals surface area (Å²) in [7, 11) is 0. The van der Waals surface area contributed by atoms with Crippen LogP contribution in [0.3, 0.4) is 0 Å². The van der Waals surface area contributed by atoms with Crippen LogP contribution in [0.15, 0.2) is 60.7 Å². The summed E-state index contributed by atoms with van der Waals surface area (Å²) in [6.07, 6.45) is 4.64. The smallest absolute Gasteiger partial charge is 0.262 e. The average molecular weight is 447 g/mol. The molecule has 2 aromatic carbocycles. The highest BCUT2D eigenvalue weighted by molar-refractivity contribution is 5.92. The predicted octanol–water partition coefficient (Wildman–Crippen LogP) is 4.94. The Balaban J connectivity index is 1.31. The third-order valence-electron chi connectivity index (χ3n) is 5.44. The Morgan fingerprint density at radius 3 is 2.39 bits per heavy atom. The van der Waals surface area contributed by atoms with Crippen LogP contribution in [0.4, 0.5) is 11.5 Å². The normalized spacial score (nSPS) is 13.4. The summed E-state index contributed by atoms with van der Waals surface area (Å²) in [5.74, 6) is 2.10. The fraction of sp³-hybridized carbons (Fsp3) is 0.346. The van der Waals surface area contributed by atoms with E-state index < -0.39 is 0 Å². The van der Waals surface area contributed by atoms with Gasteiger partial charge in [-0.2, -0.15) is 0 Å². The van der Waals surface area contributed by atoms with E-state index in [-0.39, 0.29) is 12.5 Å². The van der Waals surface area contributed by atoms with Gasteiger partial charge in [0, 0.05) is 24.3 Å². The van der Waals surface area contributed by atoms with Gasteiger partial charge in [-0.1, -0.05) is 19.1 Å². The first-order chi connectivity index (χ1) is 16.2. The van der Waals surface area contributed by atoms with Crippen molar-refractivity contribution in [3.8, 4) is 22.8 Å². The number of nitrogens with zero attached hydrogens (tertiary/aromatic N) is 3. The fourth-order valence-electron chi connectivity index (χ4n) is 3.73. The molecule has 1 saturated heterocycles. The van der Waals surface area contributed by atoms with E-state index in [1.54, 1.807) is 12.1 Å². The summed E-state index contributed by atoms with van der Waals surface area (Å²) in [6, 6.07) is 18.9. The van der Waals surface area contributed by atoms with Gasteiger partial charge in [-0.15, -0.1) is 10.2 Å². The van der Waals surface area contributed by atoms with Gasteiger partial charge in [-0.05, 0) is 74.2 Å². The molecule has 1 N–H and O–H groups in total. The lowest BCUT2D eigenvalue weighted by atomic mass is 10.1. The summed E-state index contributed by atoms with van der Waals surface area (Å²) in [5, 5.41) is 11.7. The van der Waals surface area contributed by atoms with Gasteiger partial charge >= 0.3 is 0 Å². The van der Waals surface area contributed by atoms with E-state index in [1.807, 2.05) is 48.5 Å². The van der Waals surface area contributed by atoms with Crippen molar-refractivity contribution in [2.45, 2.75) is 32.6 Å². The zero-order valence-electron chi connectivity index (χ0n) is 19.0. The van der Waals surface area contributed by atoms with E-state index in [1.165, 1.54) is 19.3 Å². The lowest BCUT2D eigenvalue weighted by Gasteiger charge is -2.27. The second-order valence-electron chi connectivity index (χ2n) is 8.06. The third kappa shape index (κ3) is 6.44. The van der Waals surface area contributed by atoms with Crippen molar-refractivity contribution in [3.63, 3.8) is 0 Å². The zero-order valence-corrected chi connectivity index (χ0v) is 19.0. The van der Waals surface area contributed by atoms with Crippen LogP contribution in [-0.4, -0.2) is 42.4 Å². The van der Waals surface area contributed by atoms with Gasteiger partial charge in [-0.25, -0.2) is 0 Å². The molecule has 1 amide bonds. The number of ether oxygens (including phenoxy) is 2. The molecule has 0 bridgehead atoms. The third-order valence-corrected chi connectivity index (χ3v) is 5.44. The van der Waals surface area contributed by atoms with E-state index in [2.05, 4.69) is 27.3 Å². The summed E-state index contributed by atoms with van der Waals surface area (Å²) < 4.78 is 11.1. The number of carbonyl (C=O) groups excluding carboxylic acids is 1. The Kier molecular flexibility index (Phi) is 7.74. The van der Waals surface area contributed by atoms with Gasteiger partial charge in [0.05, 0.1) is 12.3 Å². The molecule has 7 nitrogen and oxygen atoms in total. The van der Waals surface area contributed by atoms with Crippen LogP contribution >= 0.6 is 0 Å². The van der Waals surface area contributed by atoms with Crippen molar-refractivity contribution in [1.82, 2.24) is 10.2 Å². The molecule has 0 spiro atoms. The highest BCUT2D eigenvalue weighted by Gasteiger charge is 2.13. The Labute approximate surface area is 194 Å². The number of aromatic nitrogens is 2. The lowest BCUT2D eigenvalue weighted by molar-refractivity contribution is -0.118. The number of anilines is 2. The van der Waals surface area contributed by atoms with Crippen molar-refractivity contribution in [3.05, 3.63) is 60.7 Å². The molecule has 1 aliphatic heterocycles. The Morgan fingerprint density at radius 1 is 0.939 bits per heavy atom. The maximum atomic E-state index is 12.4. The summed E-state index contributed by atoms with van der Waals surface area (Å²) >= 11 is 0. The fourth-order valence-corrected chi connectivity index (χ4v) is 3.73. The molecule has 3 aromatic rings. The molecule has 0 unspecified atom stereocenters. The SMILES string of the molecule is CCCOc1ccc(OCC(=O)Nc2cccc(-c3ccc(N4CCCCC4)nn3)c2)cc1. The molecule has 0 atom stereocenters. The average Bonchev–Trinajstić information content (AvgIpc) is 2.88. The van der Waals surface area contributed by atoms with E-state index in [0.29, 0.717) is 18.0 Å². The van der Waals surface area contributed by atoms with E-state index in [0.717, 1.165) is 42.3 Å². The predicted molar refractivity (Wildman–Crippen MR) is 130 cm³/mol. The number of nitrogens with one attached hydrogen (secondary N) is 1. The lowest BCUT2D eigenvalue weighted by Crippen LogP contribution is -2.30. The molecule has 1 fully saturated rings. The van der Waals surface area contributed by atoms with Crippen LogP contribution < -0.4 is 19.7 Å². The standard InChI is InChI=1S/C26H30N4O3/c1-2-17-32-22-9-11-23(12-10-22)33-19-26(31)27-21-8-6-7-20(18-21)24-13-14-25(29-28-24)30-15-4-3-5-16-30/h6-14,18H,2-5,15-17,19H2,1H3,(H,27,31). The number of rotatable bonds is 9. The van der Waals surface area contributed by atoms with E-state index in [9.17, 15) is 4.79 Å². The van der Waals surface area contributed by atoms with Gasteiger partial charge in [-0.3, -0.25) is 4.79 Å². The quantitative estimate of drug-likeness (QED) is 0.502. The van der Waals surface area contributed by atoms with Gasteiger partial charge in [0.2, 0.25) is 0 Å². The Morgan fingerprint density at radius 2 is 1.70 bits per heavy atom. The summed E-state index contributed by atoms with van der Waals surface area (Å²) in [5.41, 5.74) is 2.36. The van der Waals surface area contributed by atoms with Crippen molar-refractivity contribution in [1.29, 1.82) is 0 Å². The molecule has 0 radical (unpaired) electrons. The van der Waals surface area contributed by atoms with Crippen LogP contribution in [0.25, 0.3) is 11.3 Å². The van der Waals surface area contributed by atoms with Gasteiger partial charge in [0.25, 0.3) is 5.91 Å². The molecular formula is C26H30N4O3. The molecule has 1 aromatic heterocycles. The van der Waals surface area contributed by atoms with Crippen LogP contribution in [-0.2, 0) is 4.79 Å². The first-order valence-corrected chi connectivity index (χ1v) is 11.6. The van der Waals surface area contributed by atoms with Gasteiger partial charge < -0.3 is 19.7 Å². The largest absolute Gasteiger partial charge is 0.494 e. The molecule has 1 aliphatic rings. The minimum atomic E-state index is -0.231. The van der Waals surface area contributed by atoms with Crippen molar-refractivity contribution < 1.29 is 14.3 Å². The van der Waals surface area contributed by atoms with Crippen molar-refractivity contribution in [2.75, 3.05) is 36.5 Å². The van der Waals surface area contributed by atoms with Gasteiger partial charge in [0.1, 0.15) is 11.5 Å². The topological polar surface area (TPSA) is 76.6 Å². The monoisotopic (exact) mass is 446 g/mol. The second kappa shape index (κ2) is 11.3. The number of piperidine rings is 1. The van der Waals surface area contributed by atoms with E-state index in [4.69, 9.17) is 9.47 Å². The number of carbonyl (C=O) groups is 1. The summed E-state index contributed by atoms with van der Waals surface area (Å²) in [6.45, 7) is 4.73. The Hall–Kier alpha value is -3.61. The van der Waals surface area contributed by atoms with Crippen molar-refractivity contribution >= 4 is 17.4 Å². The maximum Gasteiger partial charge on any atom is 0.262 e. The minimum Gasteiger partial charge on any atom is -0.494 e. The van der Waals surface area contributed by atoms with Crippen LogP contribution in [0, 0.1) is 0 Å². The highest BCUT2D eigenvalue weighted by Crippen LogP contribution is 2.23. The molecule has 7 heteroatoms. The molecule has 0 aliphatic carbocycles. The minimum absolute atomic E-state index is 0.0796. The number of amides is 1. The van der Waals surface area contributed by atoms with Crippen LogP contribution in [0.1, 0.15) is 32.6 Å². The van der Waals surface area contributed by atoms with Crippen molar-refractivity contribution in [2.24, 2.45) is 0 Å². The first-order valence-electron chi connectivity index (χ1n) is 11.6. The summed E-state index contributed by atoms with van der Waals surface area (Å²) in [4.78, 5) is 14.6. The maximum absolute atomic E-state index is 12.4. The molecule has 33 heavy (non-hydrogen) atoms. The molecular weight excluding hydrogens is 416 g/mol. The molecule has 2 heterocycles. The molecule has 4 rings (SSSR count). The number of hydrogen-bond acceptors (Lipinski definition) is 6. The zero-order chi connectivity index (χ0) is 22.9.